The molecule has 1 aliphatic rings. The van der Waals surface area contributed by atoms with Crippen LogP contribution in [0.3, 0.4) is 0 Å². The molecule has 0 aliphatic heterocycles. The minimum Gasteiger partial charge on any atom is -0.138 e. The van der Waals surface area contributed by atoms with Gasteiger partial charge >= 0.3 is 0 Å². The lowest BCUT2D eigenvalue weighted by Gasteiger charge is -2.32. The molecule has 0 bridgehead atoms. The van der Waals surface area contributed by atoms with Crippen molar-refractivity contribution in [1.82, 2.24) is 0 Å². The highest BCUT2D eigenvalue weighted by Crippen LogP contribution is 2.39. The Bertz CT molecular complexity index is 886. The quantitative estimate of drug-likeness (QED) is 0.214. The lowest BCUT2D eigenvalue weighted by molar-refractivity contribution is 0.399. The van der Waals surface area contributed by atoms with Crippen molar-refractivity contribution in [2.24, 2.45) is 5.92 Å². The van der Waals surface area contributed by atoms with E-state index in [0.29, 0.717) is 5.92 Å². The van der Waals surface area contributed by atoms with Crippen LogP contribution in [0.2, 0.25) is 0 Å². The summed E-state index contributed by atoms with van der Waals surface area (Å²) < 4.78 is 0. The zero-order valence-electron chi connectivity index (χ0n) is 21.2. The van der Waals surface area contributed by atoms with E-state index in [1.807, 2.05) is 12.2 Å². The van der Waals surface area contributed by atoms with E-state index in [2.05, 4.69) is 86.8 Å². The van der Waals surface area contributed by atoms with Gasteiger partial charge in [0.25, 0.3) is 0 Å². The molecule has 0 heterocycles. The van der Waals surface area contributed by atoms with Gasteiger partial charge in [0.15, 0.2) is 0 Å². The first kappa shape index (κ1) is 26.6. The van der Waals surface area contributed by atoms with Crippen LogP contribution in [0, 0.1) is 26.7 Å². The Morgan fingerprint density at radius 1 is 1.06 bits per heavy atom. The molecule has 1 heteroatoms. The number of unbranched alkanes of at least 4 members (excludes halogenated alkanes) is 3. The highest BCUT2D eigenvalue weighted by Gasteiger charge is 2.27. The highest BCUT2D eigenvalue weighted by molar-refractivity contribution is 7.16. The van der Waals surface area contributed by atoms with E-state index in [1.165, 1.54) is 72.5 Å². The molecule has 0 nitrogen and oxygen atoms in total. The Labute approximate surface area is 200 Å². The summed E-state index contributed by atoms with van der Waals surface area (Å²) in [5.74, 6) is 1.36. The van der Waals surface area contributed by atoms with Crippen molar-refractivity contribution in [3.63, 3.8) is 0 Å². The van der Waals surface area contributed by atoms with Gasteiger partial charge in [-0.15, -0.1) is 9.24 Å². The van der Waals surface area contributed by atoms with E-state index >= 15 is 0 Å². The standard InChI is InChI=1S/C25H30.C6H15P/c1-6-7-11-22-18(3)15-19(4)24(20(22)5)16-25-17(2)13-14-21-10-8-9-12-23(21)25;1-2-3-4-5-6-7/h6-12,15,17,25H,1,13-14,16H2,2-5H3;2-7H2,1H3/b11-7-;/t17?,25-;/m1./s1. The van der Waals surface area contributed by atoms with Gasteiger partial charge in [0.05, 0.1) is 0 Å². The van der Waals surface area contributed by atoms with E-state index in [0.717, 1.165) is 12.3 Å². The number of aryl methyl sites for hydroxylation is 3. The van der Waals surface area contributed by atoms with Gasteiger partial charge in [-0.3, -0.25) is 0 Å². The van der Waals surface area contributed by atoms with E-state index in [9.17, 15) is 0 Å². The number of rotatable bonds is 8. The molecule has 2 unspecified atom stereocenters. The summed E-state index contributed by atoms with van der Waals surface area (Å²) in [5, 5.41) is 0. The van der Waals surface area contributed by atoms with Gasteiger partial charge in [-0.05, 0) is 103 Å². The second-order valence-corrected chi connectivity index (χ2v) is 10.1. The van der Waals surface area contributed by atoms with Crippen LogP contribution in [0.25, 0.3) is 6.08 Å². The molecule has 0 radical (unpaired) electrons. The van der Waals surface area contributed by atoms with Gasteiger partial charge < -0.3 is 0 Å². The third-order valence-electron chi connectivity index (χ3n) is 7.08. The van der Waals surface area contributed by atoms with Gasteiger partial charge in [-0.25, -0.2) is 0 Å². The molecule has 0 amide bonds. The van der Waals surface area contributed by atoms with Crippen LogP contribution in [0.5, 0.6) is 0 Å². The summed E-state index contributed by atoms with van der Waals surface area (Å²) in [5.41, 5.74) is 10.2. The van der Waals surface area contributed by atoms with Crippen molar-refractivity contribution < 1.29 is 0 Å². The zero-order chi connectivity index (χ0) is 23.5. The molecule has 174 valence electrons. The van der Waals surface area contributed by atoms with E-state index in [1.54, 1.807) is 11.1 Å². The maximum atomic E-state index is 3.82. The van der Waals surface area contributed by atoms with Crippen LogP contribution in [0.4, 0.5) is 0 Å². The predicted molar refractivity (Wildman–Crippen MR) is 149 cm³/mol. The number of hydrogen-bond donors (Lipinski definition) is 0. The predicted octanol–water partition coefficient (Wildman–Crippen LogP) is 9.16. The number of hydrogen-bond acceptors (Lipinski definition) is 0. The van der Waals surface area contributed by atoms with Crippen LogP contribution in [-0.2, 0) is 12.8 Å². The molecule has 3 atom stereocenters. The maximum Gasteiger partial charge on any atom is -0.00927 e. The molecule has 1 aliphatic carbocycles. The van der Waals surface area contributed by atoms with E-state index in [-0.39, 0.29) is 0 Å². The monoisotopic (exact) mass is 448 g/mol. The van der Waals surface area contributed by atoms with Crippen molar-refractivity contribution in [1.29, 1.82) is 0 Å². The lowest BCUT2D eigenvalue weighted by Crippen LogP contribution is -2.21. The summed E-state index contributed by atoms with van der Waals surface area (Å²) in [6.07, 6.45) is 16.6. The molecule has 0 N–H and O–H groups in total. The summed E-state index contributed by atoms with van der Waals surface area (Å²) in [7, 11) is 2.75. The molecular weight excluding hydrogens is 403 g/mol. The van der Waals surface area contributed by atoms with Crippen molar-refractivity contribution >= 4 is 15.3 Å². The second kappa shape index (κ2) is 13.8. The topological polar surface area (TPSA) is 0 Å². The van der Waals surface area contributed by atoms with E-state index in [4.69, 9.17) is 0 Å². The Morgan fingerprint density at radius 2 is 1.81 bits per heavy atom. The molecule has 0 aromatic heterocycles. The largest absolute Gasteiger partial charge is 0.138 e. The summed E-state index contributed by atoms with van der Waals surface area (Å²) in [6, 6.07) is 11.4. The fourth-order valence-corrected chi connectivity index (χ4v) is 5.38. The van der Waals surface area contributed by atoms with Crippen LogP contribution < -0.4 is 0 Å². The molecular formula is C31H45P. The second-order valence-electron chi connectivity index (χ2n) is 9.50. The Hall–Kier alpha value is -1.65. The highest BCUT2D eigenvalue weighted by atomic mass is 31.0. The first-order valence-electron chi connectivity index (χ1n) is 12.6. The molecule has 0 saturated carbocycles. The molecule has 0 spiro atoms. The van der Waals surface area contributed by atoms with Crippen molar-refractivity contribution in [2.75, 3.05) is 6.16 Å². The molecule has 32 heavy (non-hydrogen) atoms. The zero-order valence-corrected chi connectivity index (χ0v) is 22.4. The first-order chi connectivity index (χ1) is 15.4. The summed E-state index contributed by atoms with van der Waals surface area (Å²) in [6.45, 7) is 15.3. The van der Waals surface area contributed by atoms with Gasteiger partial charge in [0.1, 0.15) is 0 Å². The Kier molecular flexibility index (Phi) is 11.5. The van der Waals surface area contributed by atoms with Crippen molar-refractivity contribution in [2.45, 2.75) is 85.5 Å². The number of benzene rings is 2. The molecule has 2 aromatic carbocycles. The molecule has 2 aromatic rings. The number of fused-ring (bicyclic) bond motifs is 1. The average molecular weight is 449 g/mol. The van der Waals surface area contributed by atoms with Gasteiger partial charge in [0, 0.05) is 0 Å². The molecule has 0 saturated heterocycles. The number of allylic oxidation sites excluding steroid dienone is 2. The molecule has 3 rings (SSSR count). The van der Waals surface area contributed by atoms with Crippen LogP contribution in [0.15, 0.2) is 49.1 Å². The minimum absolute atomic E-state index is 0.626. The summed E-state index contributed by atoms with van der Waals surface area (Å²) >= 11 is 0. The van der Waals surface area contributed by atoms with Gasteiger partial charge in [-0.1, -0.05) is 88.2 Å². The fourth-order valence-electron chi connectivity index (χ4n) is 5.10. The van der Waals surface area contributed by atoms with Crippen molar-refractivity contribution in [3.8, 4) is 0 Å². The lowest BCUT2D eigenvalue weighted by atomic mass is 9.72. The van der Waals surface area contributed by atoms with Crippen LogP contribution in [-0.4, -0.2) is 6.16 Å². The van der Waals surface area contributed by atoms with Crippen molar-refractivity contribution in [3.05, 3.63) is 88.0 Å². The normalized spacial score (nSPS) is 17.6. The smallest absolute Gasteiger partial charge is 0.00927 e. The average Bonchev–Trinajstić information content (AvgIpc) is 2.78. The van der Waals surface area contributed by atoms with E-state index < -0.39 is 0 Å². The maximum absolute atomic E-state index is 3.82. The third-order valence-corrected chi connectivity index (χ3v) is 7.49. The van der Waals surface area contributed by atoms with Crippen LogP contribution >= 0.6 is 9.24 Å². The SMILES string of the molecule is C=C/C=C\c1c(C)cc(C)c(C[C@H]2c3ccccc3CCC2C)c1C.CCCCCCP. The minimum atomic E-state index is 0.626. The third kappa shape index (κ3) is 7.18. The fraction of sp³-hybridized carbons (Fsp3) is 0.484. The summed E-state index contributed by atoms with van der Waals surface area (Å²) in [4.78, 5) is 0. The van der Waals surface area contributed by atoms with Gasteiger partial charge in [-0.2, -0.15) is 0 Å². The Balaban J connectivity index is 0.000000451. The molecule has 0 fully saturated rings. The first-order valence-corrected chi connectivity index (χ1v) is 13.4. The Morgan fingerprint density at radius 3 is 2.50 bits per heavy atom. The van der Waals surface area contributed by atoms with Crippen LogP contribution in [0.1, 0.15) is 90.8 Å². The van der Waals surface area contributed by atoms with Gasteiger partial charge in [0.2, 0.25) is 0 Å².